The van der Waals surface area contributed by atoms with Crippen LogP contribution < -0.4 is 0 Å². The van der Waals surface area contributed by atoms with Crippen molar-refractivity contribution in [3.8, 4) is 0 Å². The van der Waals surface area contributed by atoms with E-state index in [-0.39, 0.29) is 10.8 Å². The normalized spacial score (nSPS) is 10.8. The number of pyridine rings is 1. The first-order valence-electron chi connectivity index (χ1n) is 6.43. The highest BCUT2D eigenvalue weighted by Crippen LogP contribution is 2.28. The standard InChI is InChI=1S/C17H11Cl2NO/c1-10-9-15(20-14-8-3-2-5-11(10)14)17(21)12-6-4-7-13(18)16(12)19/h2-9H,1H3. The van der Waals surface area contributed by atoms with Crippen molar-refractivity contribution in [1.82, 2.24) is 4.98 Å². The molecule has 0 fully saturated rings. The molecule has 0 aliphatic carbocycles. The Morgan fingerprint density at radius 2 is 1.81 bits per heavy atom. The minimum atomic E-state index is -0.226. The van der Waals surface area contributed by atoms with Gasteiger partial charge in [0.25, 0.3) is 0 Å². The summed E-state index contributed by atoms with van der Waals surface area (Å²) in [7, 11) is 0. The number of nitrogens with zero attached hydrogens (tertiary/aromatic N) is 1. The Kier molecular flexibility index (Phi) is 3.66. The summed E-state index contributed by atoms with van der Waals surface area (Å²) in [4.78, 5) is 17.0. The molecule has 0 radical (unpaired) electrons. The van der Waals surface area contributed by atoms with E-state index >= 15 is 0 Å². The van der Waals surface area contributed by atoms with Gasteiger partial charge in [-0.25, -0.2) is 4.98 Å². The van der Waals surface area contributed by atoms with Crippen LogP contribution in [-0.2, 0) is 0 Å². The molecule has 1 aromatic heterocycles. The largest absolute Gasteiger partial charge is 0.287 e. The van der Waals surface area contributed by atoms with E-state index in [9.17, 15) is 4.79 Å². The molecule has 0 atom stereocenters. The molecule has 0 amide bonds. The number of aromatic nitrogens is 1. The number of fused-ring (bicyclic) bond motifs is 1. The molecule has 0 N–H and O–H groups in total. The number of hydrogen-bond acceptors (Lipinski definition) is 2. The Hall–Kier alpha value is -1.90. The Morgan fingerprint density at radius 3 is 2.62 bits per heavy atom. The Morgan fingerprint density at radius 1 is 1.05 bits per heavy atom. The topological polar surface area (TPSA) is 30.0 Å². The number of ketones is 1. The van der Waals surface area contributed by atoms with Crippen molar-refractivity contribution in [3.63, 3.8) is 0 Å². The van der Waals surface area contributed by atoms with Gasteiger partial charge in [-0.05, 0) is 36.8 Å². The number of carbonyl (C=O) groups excluding carboxylic acids is 1. The van der Waals surface area contributed by atoms with Gasteiger partial charge in [0.05, 0.1) is 15.6 Å². The number of para-hydroxylation sites is 1. The summed E-state index contributed by atoms with van der Waals surface area (Å²) >= 11 is 12.1. The van der Waals surface area contributed by atoms with Gasteiger partial charge in [0.2, 0.25) is 5.78 Å². The molecule has 3 rings (SSSR count). The van der Waals surface area contributed by atoms with Crippen LogP contribution in [0.5, 0.6) is 0 Å². The summed E-state index contributed by atoms with van der Waals surface area (Å²) in [6, 6.07) is 14.5. The van der Waals surface area contributed by atoms with Crippen LogP contribution in [0.1, 0.15) is 21.6 Å². The maximum Gasteiger partial charge on any atom is 0.212 e. The number of halogens is 2. The smallest absolute Gasteiger partial charge is 0.212 e. The lowest BCUT2D eigenvalue weighted by Crippen LogP contribution is -2.06. The Labute approximate surface area is 132 Å². The van der Waals surface area contributed by atoms with E-state index < -0.39 is 0 Å². The lowest BCUT2D eigenvalue weighted by Gasteiger charge is -2.07. The fourth-order valence-corrected chi connectivity index (χ4v) is 2.67. The zero-order valence-electron chi connectivity index (χ0n) is 11.2. The van der Waals surface area contributed by atoms with E-state index in [0.29, 0.717) is 16.3 Å². The number of benzene rings is 2. The average molecular weight is 316 g/mol. The van der Waals surface area contributed by atoms with Gasteiger partial charge >= 0.3 is 0 Å². The monoisotopic (exact) mass is 315 g/mol. The van der Waals surface area contributed by atoms with Crippen LogP contribution >= 0.6 is 23.2 Å². The molecule has 0 unspecified atom stereocenters. The molecule has 0 saturated carbocycles. The van der Waals surface area contributed by atoms with Gasteiger partial charge in [-0.1, -0.05) is 47.5 Å². The van der Waals surface area contributed by atoms with Crippen molar-refractivity contribution in [2.45, 2.75) is 6.92 Å². The van der Waals surface area contributed by atoms with Crippen molar-refractivity contribution >= 4 is 39.9 Å². The SMILES string of the molecule is Cc1cc(C(=O)c2cccc(Cl)c2Cl)nc2ccccc12. The molecule has 21 heavy (non-hydrogen) atoms. The molecule has 104 valence electrons. The van der Waals surface area contributed by atoms with E-state index in [0.717, 1.165) is 16.5 Å². The molecule has 2 nitrogen and oxygen atoms in total. The highest BCUT2D eigenvalue weighted by Gasteiger charge is 2.17. The highest BCUT2D eigenvalue weighted by atomic mass is 35.5. The van der Waals surface area contributed by atoms with Gasteiger partial charge < -0.3 is 0 Å². The molecule has 2 aromatic carbocycles. The van der Waals surface area contributed by atoms with Crippen LogP contribution in [0, 0.1) is 6.92 Å². The van der Waals surface area contributed by atoms with Crippen molar-refractivity contribution in [2.75, 3.05) is 0 Å². The fraction of sp³-hybridized carbons (Fsp3) is 0.0588. The van der Waals surface area contributed by atoms with E-state index in [1.54, 1.807) is 24.3 Å². The van der Waals surface area contributed by atoms with Crippen molar-refractivity contribution in [3.05, 3.63) is 75.4 Å². The van der Waals surface area contributed by atoms with Crippen molar-refractivity contribution < 1.29 is 4.79 Å². The van der Waals surface area contributed by atoms with E-state index in [1.165, 1.54) is 0 Å². The minimum absolute atomic E-state index is 0.226. The van der Waals surface area contributed by atoms with Crippen molar-refractivity contribution in [1.29, 1.82) is 0 Å². The number of aryl methyl sites for hydroxylation is 1. The Balaban J connectivity index is 2.16. The molecule has 0 spiro atoms. The Bertz CT molecular complexity index is 859. The summed E-state index contributed by atoms with van der Waals surface area (Å²) in [6.07, 6.45) is 0. The molecular weight excluding hydrogens is 305 g/mol. The summed E-state index contributed by atoms with van der Waals surface area (Å²) in [5.41, 5.74) is 2.53. The average Bonchev–Trinajstić information content (AvgIpc) is 2.49. The summed E-state index contributed by atoms with van der Waals surface area (Å²) < 4.78 is 0. The third-order valence-electron chi connectivity index (χ3n) is 3.35. The lowest BCUT2D eigenvalue weighted by molar-refractivity contribution is 0.103. The van der Waals surface area contributed by atoms with Gasteiger partial charge in [-0.2, -0.15) is 0 Å². The number of hydrogen-bond donors (Lipinski definition) is 0. The zero-order valence-corrected chi connectivity index (χ0v) is 12.7. The number of rotatable bonds is 2. The molecule has 0 bridgehead atoms. The summed E-state index contributed by atoms with van der Waals surface area (Å²) in [6.45, 7) is 1.96. The van der Waals surface area contributed by atoms with Crippen LogP contribution in [-0.4, -0.2) is 10.8 Å². The maximum absolute atomic E-state index is 12.6. The van der Waals surface area contributed by atoms with Gasteiger partial charge in [0, 0.05) is 10.9 Å². The van der Waals surface area contributed by atoms with Gasteiger partial charge in [0.1, 0.15) is 5.69 Å². The second kappa shape index (κ2) is 5.47. The number of carbonyl (C=O) groups is 1. The summed E-state index contributed by atoms with van der Waals surface area (Å²) in [5, 5.41) is 1.66. The molecule has 4 heteroatoms. The van der Waals surface area contributed by atoms with Crippen LogP contribution in [0.4, 0.5) is 0 Å². The van der Waals surface area contributed by atoms with E-state index in [4.69, 9.17) is 23.2 Å². The quantitative estimate of drug-likeness (QED) is 0.617. The third kappa shape index (κ3) is 2.53. The molecule has 0 aliphatic heterocycles. The van der Waals surface area contributed by atoms with Crippen LogP contribution in [0.2, 0.25) is 10.0 Å². The lowest BCUT2D eigenvalue weighted by atomic mass is 10.0. The molecule has 3 aromatic rings. The van der Waals surface area contributed by atoms with Crippen LogP contribution in [0.3, 0.4) is 0 Å². The third-order valence-corrected chi connectivity index (χ3v) is 4.17. The highest BCUT2D eigenvalue weighted by molar-refractivity contribution is 6.44. The molecule has 0 saturated heterocycles. The zero-order chi connectivity index (χ0) is 15.0. The second-order valence-electron chi connectivity index (χ2n) is 4.77. The van der Waals surface area contributed by atoms with Crippen molar-refractivity contribution in [2.24, 2.45) is 0 Å². The van der Waals surface area contributed by atoms with Gasteiger partial charge in [-0.15, -0.1) is 0 Å². The first kappa shape index (κ1) is 14.1. The van der Waals surface area contributed by atoms with Gasteiger partial charge in [0.15, 0.2) is 0 Å². The molecule has 1 heterocycles. The maximum atomic E-state index is 12.6. The van der Waals surface area contributed by atoms with Crippen LogP contribution in [0.25, 0.3) is 10.9 Å². The van der Waals surface area contributed by atoms with Crippen LogP contribution in [0.15, 0.2) is 48.5 Å². The first-order valence-corrected chi connectivity index (χ1v) is 7.18. The minimum Gasteiger partial charge on any atom is -0.287 e. The van der Waals surface area contributed by atoms with Gasteiger partial charge in [-0.3, -0.25) is 4.79 Å². The van der Waals surface area contributed by atoms with E-state index in [1.807, 2.05) is 31.2 Å². The second-order valence-corrected chi connectivity index (χ2v) is 5.56. The first-order chi connectivity index (χ1) is 10.1. The fourth-order valence-electron chi connectivity index (χ4n) is 2.28. The van der Waals surface area contributed by atoms with E-state index in [2.05, 4.69) is 4.98 Å². The predicted molar refractivity (Wildman–Crippen MR) is 86.4 cm³/mol. The molecule has 0 aliphatic rings. The molecular formula is C17H11Cl2NO. The predicted octanol–water partition coefficient (Wildman–Crippen LogP) is 5.08. The summed E-state index contributed by atoms with van der Waals surface area (Å²) in [5.74, 6) is -0.226.